The second-order valence-electron chi connectivity index (χ2n) is 11.2. The first-order valence-electron chi connectivity index (χ1n) is 14.8. The average molecular weight is 548 g/mol. The lowest BCUT2D eigenvalue weighted by Crippen LogP contribution is -2.46. The van der Waals surface area contributed by atoms with Gasteiger partial charge in [-0.1, -0.05) is 48.5 Å². The standard InChI is InChI=1S/C34H37N5O2/c40-31(15-12-27-7-6-18-35-25-27)23-26-10-13-30(14-11-26)39-33(28-8-2-1-3-9-28)24-32(36-39)34(41)38-21-16-29(17-22-38)37-19-4-5-20-37/h1-3,6-11,13-14,18,24-25,29H,4-5,12,15-17,19-23H2. The smallest absolute Gasteiger partial charge is 0.274 e. The van der Waals surface area contributed by atoms with Gasteiger partial charge in [0.1, 0.15) is 5.78 Å². The van der Waals surface area contributed by atoms with Gasteiger partial charge < -0.3 is 9.80 Å². The summed E-state index contributed by atoms with van der Waals surface area (Å²) in [5.41, 5.74) is 5.25. The minimum absolute atomic E-state index is 0.00311. The number of nitrogens with zero attached hydrogens (tertiary/aromatic N) is 5. The molecule has 7 heteroatoms. The van der Waals surface area contributed by atoms with Crippen molar-refractivity contribution in [2.75, 3.05) is 26.2 Å². The molecule has 0 radical (unpaired) electrons. The maximum absolute atomic E-state index is 13.6. The molecule has 41 heavy (non-hydrogen) atoms. The highest BCUT2D eigenvalue weighted by Gasteiger charge is 2.30. The van der Waals surface area contributed by atoms with Crippen LogP contribution in [0.25, 0.3) is 16.9 Å². The van der Waals surface area contributed by atoms with Crippen molar-refractivity contribution in [2.45, 2.75) is 51.0 Å². The zero-order valence-electron chi connectivity index (χ0n) is 23.5. The predicted molar refractivity (Wildman–Crippen MR) is 160 cm³/mol. The number of benzene rings is 2. The van der Waals surface area contributed by atoms with Gasteiger partial charge in [0.05, 0.1) is 11.4 Å². The number of piperidine rings is 1. The Labute approximate surface area is 241 Å². The van der Waals surface area contributed by atoms with E-state index in [-0.39, 0.29) is 11.7 Å². The van der Waals surface area contributed by atoms with Crippen LogP contribution in [0.4, 0.5) is 0 Å². The average Bonchev–Trinajstić information content (AvgIpc) is 3.73. The molecule has 0 aliphatic carbocycles. The quantitative estimate of drug-likeness (QED) is 0.281. The molecule has 0 saturated carbocycles. The fourth-order valence-corrected chi connectivity index (χ4v) is 6.10. The van der Waals surface area contributed by atoms with Crippen molar-refractivity contribution in [3.63, 3.8) is 0 Å². The van der Waals surface area contributed by atoms with Gasteiger partial charge in [0, 0.05) is 49.9 Å². The Kier molecular flexibility index (Phi) is 8.33. The first-order chi connectivity index (χ1) is 20.1. The number of likely N-dealkylation sites (tertiary alicyclic amines) is 2. The van der Waals surface area contributed by atoms with E-state index in [0.29, 0.717) is 31.0 Å². The van der Waals surface area contributed by atoms with Gasteiger partial charge in [0.15, 0.2) is 5.69 Å². The molecular formula is C34H37N5O2. The largest absolute Gasteiger partial charge is 0.337 e. The Morgan fingerprint density at radius 2 is 1.59 bits per heavy atom. The van der Waals surface area contributed by atoms with E-state index in [4.69, 9.17) is 5.10 Å². The highest BCUT2D eigenvalue weighted by molar-refractivity contribution is 5.93. The van der Waals surface area contributed by atoms with Crippen LogP contribution < -0.4 is 0 Å². The highest BCUT2D eigenvalue weighted by Crippen LogP contribution is 2.27. The molecule has 2 aromatic carbocycles. The number of hydrogen-bond donors (Lipinski definition) is 0. The molecule has 2 saturated heterocycles. The minimum atomic E-state index is -0.00311. The minimum Gasteiger partial charge on any atom is -0.337 e. The van der Waals surface area contributed by atoms with Crippen LogP contribution in [0.15, 0.2) is 85.2 Å². The zero-order chi connectivity index (χ0) is 28.0. The van der Waals surface area contributed by atoms with E-state index < -0.39 is 0 Å². The van der Waals surface area contributed by atoms with E-state index in [2.05, 4.69) is 9.88 Å². The predicted octanol–water partition coefficient (Wildman–Crippen LogP) is 5.38. The number of hydrogen-bond acceptors (Lipinski definition) is 5. The Balaban J connectivity index is 1.16. The van der Waals surface area contributed by atoms with Gasteiger partial charge in [0.2, 0.25) is 0 Å². The number of carbonyl (C=O) groups excluding carboxylic acids is 2. The molecule has 0 atom stereocenters. The molecule has 0 unspecified atom stereocenters. The normalized spacial score (nSPS) is 16.2. The molecular weight excluding hydrogens is 510 g/mol. The lowest BCUT2D eigenvalue weighted by Gasteiger charge is -2.36. The molecule has 6 rings (SSSR count). The molecule has 210 valence electrons. The third kappa shape index (κ3) is 6.46. The van der Waals surface area contributed by atoms with Gasteiger partial charge in [-0.05, 0) is 80.6 Å². The summed E-state index contributed by atoms with van der Waals surface area (Å²) >= 11 is 0. The molecule has 1 amide bonds. The van der Waals surface area contributed by atoms with Gasteiger partial charge in [-0.25, -0.2) is 4.68 Å². The van der Waals surface area contributed by atoms with Crippen molar-refractivity contribution in [3.8, 4) is 16.9 Å². The first-order valence-corrected chi connectivity index (χ1v) is 14.8. The number of aryl methyl sites for hydroxylation is 1. The summed E-state index contributed by atoms with van der Waals surface area (Å²) in [6.07, 6.45) is 9.78. The van der Waals surface area contributed by atoms with Crippen molar-refractivity contribution in [2.24, 2.45) is 0 Å². The van der Waals surface area contributed by atoms with Crippen LogP contribution in [0.3, 0.4) is 0 Å². The maximum Gasteiger partial charge on any atom is 0.274 e. The topological polar surface area (TPSA) is 71.3 Å². The first kappa shape index (κ1) is 27.1. The van der Waals surface area contributed by atoms with Crippen LogP contribution >= 0.6 is 0 Å². The Hall–Kier alpha value is -4.10. The molecule has 0 N–H and O–H groups in total. The Morgan fingerprint density at radius 1 is 0.829 bits per heavy atom. The van der Waals surface area contributed by atoms with Gasteiger partial charge in [-0.15, -0.1) is 0 Å². The number of ketones is 1. The van der Waals surface area contributed by atoms with Crippen LogP contribution in [-0.4, -0.2) is 68.5 Å². The van der Waals surface area contributed by atoms with E-state index in [1.807, 2.05) is 88.6 Å². The summed E-state index contributed by atoms with van der Waals surface area (Å²) < 4.78 is 1.85. The Bertz CT molecular complexity index is 1450. The number of carbonyl (C=O) groups is 2. The zero-order valence-corrected chi connectivity index (χ0v) is 23.5. The third-order valence-corrected chi connectivity index (χ3v) is 8.40. The van der Waals surface area contributed by atoms with Crippen LogP contribution in [0.1, 0.15) is 53.7 Å². The molecule has 2 aromatic heterocycles. The van der Waals surface area contributed by atoms with Crippen molar-refractivity contribution >= 4 is 11.7 Å². The molecule has 4 heterocycles. The van der Waals surface area contributed by atoms with Crippen molar-refractivity contribution in [1.82, 2.24) is 24.6 Å². The fourth-order valence-electron chi connectivity index (χ4n) is 6.10. The number of rotatable bonds is 9. The van der Waals surface area contributed by atoms with E-state index in [9.17, 15) is 9.59 Å². The summed E-state index contributed by atoms with van der Waals surface area (Å²) in [6.45, 7) is 3.94. The van der Waals surface area contributed by atoms with E-state index in [0.717, 1.165) is 54.0 Å². The van der Waals surface area contributed by atoms with Crippen LogP contribution in [0.5, 0.6) is 0 Å². The maximum atomic E-state index is 13.6. The summed E-state index contributed by atoms with van der Waals surface area (Å²) in [7, 11) is 0. The number of pyridine rings is 1. The summed E-state index contributed by atoms with van der Waals surface area (Å²) in [4.78, 5) is 34.9. The van der Waals surface area contributed by atoms with Crippen molar-refractivity contribution in [3.05, 3.63) is 102 Å². The summed E-state index contributed by atoms with van der Waals surface area (Å²) in [5, 5.41) is 4.82. The highest BCUT2D eigenvalue weighted by atomic mass is 16.2. The molecule has 2 fully saturated rings. The molecule has 2 aliphatic heterocycles. The number of amides is 1. The lowest BCUT2D eigenvalue weighted by molar-refractivity contribution is -0.118. The second kappa shape index (κ2) is 12.6. The van der Waals surface area contributed by atoms with Gasteiger partial charge in [0.25, 0.3) is 5.91 Å². The molecule has 2 aliphatic rings. The molecule has 0 bridgehead atoms. The van der Waals surface area contributed by atoms with Crippen LogP contribution in [-0.2, 0) is 17.6 Å². The van der Waals surface area contributed by atoms with Gasteiger partial charge in [-0.2, -0.15) is 5.10 Å². The summed E-state index contributed by atoms with van der Waals surface area (Å²) in [5.74, 6) is 0.198. The van der Waals surface area contributed by atoms with Gasteiger partial charge >= 0.3 is 0 Å². The summed E-state index contributed by atoms with van der Waals surface area (Å²) in [6, 6.07) is 24.4. The van der Waals surface area contributed by atoms with Crippen LogP contribution in [0.2, 0.25) is 0 Å². The second-order valence-corrected chi connectivity index (χ2v) is 11.2. The lowest BCUT2D eigenvalue weighted by atomic mass is 10.0. The van der Waals surface area contributed by atoms with Crippen LogP contribution in [0, 0.1) is 0 Å². The monoisotopic (exact) mass is 547 g/mol. The van der Waals surface area contributed by atoms with E-state index >= 15 is 0 Å². The number of aromatic nitrogens is 3. The van der Waals surface area contributed by atoms with Gasteiger partial charge in [-0.3, -0.25) is 14.6 Å². The molecule has 0 spiro atoms. The molecule has 7 nitrogen and oxygen atoms in total. The number of Topliss-reactive ketones (excluding diaryl/α,β-unsaturated/α-hetero) is 1. The van der Waals surface area contributed by atoms with Crippen molar-refractivity contribution in [1.29, 1.82) is 0 Å². The third-order valence-electron chi connectivity index (χ3n) is 8.40. The Morgan fingerprint density at radius 3 is 2.29 bits per heavy atom. The SMILES string of the molecule is O=C(CCc1cccnc1)Cc1ccc(-n2nc(C(=O)N3CCC(N4CCCC4)CC3)cc2-c2ccccc2)cc1. The van der Waals surface area contributed by atoms with E-state index in [1.54, 1.807) is 6.20 Å². The fraction of sp³-hybridized carbons (Fsp3) is 0.353. The molecule has 4 aromatic rings. The van der Waals surface area contributed by atoms with Crippen molar-refractivity contribution < 1.29 is 9.59 Å². The van der Waals surface area contributed by atoms with E-state index in [1.165, 1.54) is 25.9 Å².